The average Bonchev–Trinajstić information content (AvgIpc) is 3.17. The fourth-order valence-electron chi connectivity index (χ4n) is 2.77. The Balaban J connectivity index is 1.89. The Morgan fingerprint density at radius 2 is 1.74 bits per heavy atom. The lowest BCUT2D eigenvalue weighted by atomic mass is 9.80. The van der Waals surface area contributed by atoms with Gasteiger partial charge >= 0.3 is 0 Å². The van der Waals surface area contributed by atoms with E-state index in [9.17, 15) is 4.79 Å². The third-order valence-corrected chi connectivity index (χ3v) is 4.53. The van der Waals surface area contributed by atoms with Crippen LogP contribution in [0.2, 0.25) is 0 Å². The van der Waals surface area contributed by atoms with Gasteiger partial charge in [-0.3, -0.25) is 15.5 Å². The van der Waals surface area contributed by atoms with Crippen LogP contribution in [0, 0.1) is 5.41 Å². The number of aromatic nitrogens is 1. The number of anilines is 1. The van der Waals surface area contributed by atoms with Gasteiger partial charge in [0.15, 0.2) is 11.7 Å². The standard InChI is InChI=1S/C21H22N4O2/c1-21(2,17-13-18(27-25-17)24-20(22)23-3)16-11-7-10-15(12-16)19(26)14-8-5-4-6-9-14/h4-13H,1-3H3,(H3,22,23,24). The Bertz CT molecular complexity index is 961. The van der Waals surface area contributed by atoms with Crippen LogP contribution in [-0.2, 0) is 5.41 Å². The second-order valence-corrected chi connectivity index (χ2v) is 6.73. The van der Waals surface area contributed by atoms with E-state index in [1.807, 2.05) is 68.4 Å². The van der Waals surface area contributed by atoms with Gasteiger partial charge in [-0.1, -0.05) is 67.5 Å². The first-order chi connectivity index (χ1) is 12.9. The third-order valence-electron chi connectivity index (χ3n) is 4.53. The van der Waals surface area contributed by atoms with Crippen molar-refractivity contribution in [3.63, 3.8) is 0 Å². The molecule has 0 spiro atoms. The maximum Gasteiger partial charge on any atom is 0.231 e. The first-order valence-corrected chi connectivity index (χ1v) is 8.62. The maximum atomic E-state index is 12.7. The number of carbonyl (C=O) groups excluding carboxylic acids is 1. The second-order valence-electron chi connectivity index (χ2n) is 6.73. The Hall–Kier alpha value is -3.41. The van der Waals surface area contributed by atoms with Gasteiger partial charge in [-0.15, -0.1) is 0 Å². The summed E-state index contributed by atoms with van der Waals surface area (Å²) in [7, 11) is 1.64. The minimum atomic E-state index is -0.474. The molecule has 0 aliphatic carbocycles. The summed E-state index contributed by atoms with van der Waals surface area (Å²) in [5.41, 5.74) is 2.47. The molecule has 3 N–H and O–H groups in total. The lowest BCUT2D eigenvalue weighted by Gasteiger charge is -2.22. The number of rotatable bonds is 5. The van der Waals surface area contributed by atoms with Crippen LogP contribution in [0.4, 0.5) is 5.88 Å². The number of carbonyl (C=O) groups is 1. The van der Waals surface area contributed by atoms with Crippen molar-refractivity contribution in [2.45, 2.75) is 19.3 Å². The summed E-state index contributed by atoms with van der Waals surface area (Å²) in [5.74, 6) is 0.484. The highest BCUT2D eigenvalue weighted by Crippen LogP contribution is 2.32. The van der Waals surface area contributed by atoms with Crippen LogP contribution in [0.25, 0.3) is 0 Å². The number of ketones is 1. The van der Waals surface area contributed by atoms with Gasteiger partial charge in [0.05, 0.1) is 5.69 Å². The Kier molecular flexibility index (Phi) is 5.07. The Labute approximate surface area is 158 Å². The summed E-state index contributed by atoms with van der Waals surface area (Å²) in [4.78, 5) is 12.7. The van der Waals surface area contributed by atoms with E-state index in [2.05, 4.69) is 15.8 Å². The normalized spacial score (nSPS) is 11.1. The molecule has 0 radical (unpaired) electrons. The molecule has 0 saturated carbocycles. The van der Waals surface area contributed by atoms with Crippen LogP contribution < -0.4 is 10.6 Å². The number of nitrogens with zero attached hydrogens (tertiary/aromatic N) is 1. The highest BCUT2D eigenvalue weighted by molar-refractivity contribution is 6.09. The van der Waals surface area contributed by atoms with Crippen molar-refractivity contribution in [3.05, 3.63) is 83.0 Å². The van der Waals surface area contributed by atoms with E-state index in [0.717, 1.165) is 5.56 Å². The zero-order chi connectivity index (χ0) is 19.4. The molecule has 138 valence electrons. The van der Waals surface area contributed by atoms with Crippen LogP contribution >= 0.6 is 0 Å². The zero-order valence-corrected chi connectivity index (χ0v) is 15.5. The van der Waals surface area contributed by atoms with E-state index in [0.29, 0.717) is 22.7 Å². The molecule has 3 aromatic rings. The summed E-state index contributed by atoms with van der Waals surface area (Å²) in [6, 6.07) is 18.5. The molecule has 0 amide bonds. The summed E-state index contributed by atoms with van der Waals surface area (Å²) in [6.07, 6.45) is 0. The molecule has 6 heteroatoms. The molecule has 0 bridgehead atoms. The van der Waals surface area contributed by atoms with Gasteiger partial charge in [0.25, 0.3) is 0 Å². The second kappa shape index (κ2) is 7.45. The number of hydrogen-bond acceptors (Lipinski definition) is 4. The molecule has 0 aliphatic heterocycles. The van der Waals surface area contributed by atoms with E-state index < -0.39 is 5.41 Å². The third kappa shape index (κ3) is 3.89. The first kappa shape index (κ1) is 18.4. The van der Waals surface area contributed by atoms with Crippen LogP contribution in [-0.4, -0.2) is 23.9 Å². The fraction of sp³-hybridized carbons (Fsp3) is 0.190. The summed E-state index contributed by atoms with van der Waals surface area (Å²) < 4.78 is 5.28. The van der Waals surface area contributed by atoms with E-state index in [4.69, 9.17) is 9.93 Å². The Morgan fingerprint density at radius 1 is 1.04 bits per heavy atom. The number of benzene rings is 2. The zero-order valence-electron chi connectivity index (χ0n) is 15.5. The quantitative estimate of drug-likeness (QED) is 0.365. The number of guanidine groups is 1. The SMILES string of the molecule is CNC(=N)Nc1cc(C(C)(C)c2cccc(C(=O)c3ccccc3)c2)no1. The molecule has 0 atom stereocenters. The molecule has 0 fully saturated rings. The van der Waals surface area contributed by atoms with E-state index in [1.54, 1.807) is 13.1 Å². The number of nitrogens with one attached hydrogen (secondary N) is 3. The molecule has 1 aromatic heterocycles. The smallest absolute Gasteiger partial charge is 0.231 e. The molecule has 6 nitrogen and oxygen atoms in total. The van der Waals surface area contributed by atoms with Gasteiger partial charge in [-0.05, 0) is 11.6 Å². The molecule has 1 heterocycles. The van der Waals surface area contributed by atoms with Crippen LogP contribution in [0.3, 0.4) is 0 Å². The van der Waals surface area contributed by atoms with Crippen LogP contribution in [0.15, 0.2) is 65.2 Å². The minimum Gasteiger partial charge on any atom is -0.359 e. The van der Waals surface area contributed by atoms with Gasteiger partial charge in [0, 0.05) is 29.7 Å². The van der Waals surface area contributed by atoms with E-state index >= 15 is 0 Å². The van der Waals surface area contributed by atoms with Gasteiger partial charge in [-0.2, -0.15) is 0 Å². The van der Waals surface area contributed by atoms with Crippen molar-refractivity contribution in [1.29, 1.82) is 5.41 Å². The predicted molar refractivity (Wildman–Crippen MR) is 105 cm³/mol. The highest BCUT2D eigenvalue weighted by atomic mass is 16.5. The lowest BCUT2D eigenvalue weighted by molar-refractivity contribution is 0.103. The van der Waals surface area contributed by atoms with Crippen molar-refractivity contribution in [1.82, 2.24) is 10.5 Å². The largest absolute Gasteiger partial charge is 0.359 e. The summed E-state index contributed by atoms with van der Waals surface area (Å²) in [6.45, 7) is 4.04. The lowest BCUT2D eigenvalue weighted by Crippen LogP contribution is -2.25. The van der Waals surface area contributed by atoms with Crippen molar-refractivity contribution >= 4 is 17.6 Å². The highest BCUT2D eigenvalue weighted by Gasteiger charge is 2.28. The summed E-state index contributed by atoms with van der Waals surface area (Å²) >= 11 is 0. The van der Waals surface area contributed by atoms with Crippen molar-refractivity contribution in [2.75, 3.05) is 12.4 Å². The minimum absolute atomic E-state index is 0.0155. The summed E-state index contributed by atoms with van der Waals surface area (Å²) in [5, 5.41) is 17.2. The van der Waals surface area contributed by atoms with Crippen LogP contribution in [0.5, 0.6) is 0 Å². The fourth-order valence-corrected chi connectivity index (χ4v) is 2.77. The van der Waals surface area contributed by atoms with Crippen LogP contribution in [0.1, 0.15) is 41.0 Å². The molecule has 2 aromatic carbocycles. The molecular formula is C21H22N4O2. The van der Waals surface area contributed by atoms with Crippen molar-refractivity contribution in [2.24, 2.45) is 0 Å². The van der Waals surface area contributed by atoms with Gasteiger partial charge in [-0.25, -0.2) is 0 Å². The average molecular weight is 362 g/mol. The van der Waals surface area contributed by atoms with Crippen molar-refractivity contribution in [3.8, 4) is 0 Å². The van der Waals surface area contributed by atoms with Crippen molar-refractivity contribution < 1.29 is 9.32 Å². The van der Waals surface area contributed by atoms with Gasteiger partial charge in [0.2, 0.25) is 5.88 Å². The topological polar surface area (TPSA) is 91.0 Å². The maximum absolute atomic E-state index is 12.7. The Morgan fingerprint density at radius 3 is 2.44 bits per heavy atom. The molecule has 0 aliphatic rings. The molecule has 27 heavy (non-hydrogen) atoms. The monoisotopic (exact) mass is 362 g/mol. The molecular weight excluding hydrogens is 340 g/mol. The number of hydrogen-bond donors (Lipinski definition) is 3. The molecule has 0 saturated heterocycles. The van der Waals surface area contributed by atoms with Gasteiger partial charge in [0.1, 0.15) is 0 Å². The first-order valence-electron chi connectivity index (χ1n) is 8.62. The molecule has 0 unspecified atom stereocenters. The van der Waals surface area contributed by atoms with E-state index in [-0.39, 0.29) is 11.7 Å². The van der Waals surface area contributed by atoms with E-state index in [1.165, 1.54) is 0 Å². The van der Waals surface area contributed by atoms with Gasteiger partial charge < -0.3 is 9.84 Å². The molecule has 3 rings (SSSR count). The predicted octanol–water partition coefficient (Wildman–Crippen LogP) is 3.80.